The average Bonchev–Trinajstić information content (AvgIpc) is 2.13. The van der Waals surface area contributed by atoms with Crippen molar-refractivity contribution in [3.63, 3.8) is 0 Å². The van der Waals surface area contributed by atoms with Gasteiger partial charge in [-0.3, -0.25) is 9.13 Å². The highest BCUT2D eigenvalue weighted by atomic mass is 31.2. The van der Waals surface area contributed by atoms with Crippen LogP contribution in [0.5, 0.6) is 5.75 Å². The van der Waals surface area contributed by atoms with E-state index < -0.39 is 26.6 Å². The van der Waals surface area contributed by atoms with E-state index in [1.807, 2.05) is 0 Å². The molecule has 8 nitrogen and oxygen atoms in total. The first-order valence-electron chi connectivity index (χ1n) is 4.74. The second-order valence-electron chi connectivity index (χ2n) is 3.93. The molecule has 0 aliphatic heterocycles. The van der Waals surface area contributed by atoms with Crippen molar-refractivity contribution in [3.8, 4) is 5.75 Å². The molecule has 0 aromatic carbocycles. The zero-order valence-electron chi connectivity index (χ0n) is 9.41. The largest absolute Gasteiger partial charge is 0.503 e. The van der Waals surface area contributed by atoms with Crippen LogP contribution in [0.4, 0.5) is 0 Å². The van der Waals surface area contributed by atoms with Crippen molar-refractivity contribution in [1.29, 1.82) is 0 Å². The highest BCUT2D eigenvalue weighted by molar-refractivity contribution is 7.74. The first-order chi connectivity index (χ1) is 7.97. The van der Waals surface area contributed by atoms with E-state index in [9.17, 15) is 24.2 Å². The van der Waals surface area contributed by atoms with Crippen molar-refractivity contribution in [2.45, 2.75) is 11.6 Å². The number of rotatable bonds is 4. The normalized spacial score (nSPS) is 18.9. The highest BCUT2D eigenvalue weighted by Gasteiger charge is 2.60. The summed E-state index contributed by atoms with van der Waals surface area (Å²) in [7, 11) is -9.75. The van der Waals surface area contributed by atoms with Gasteiger partial charge in [0, 0.05) is 12.7 Å². The molecule has 0 saturated heterocycles. The third-order valence-electron chi connectivity index (χ3n) is 2.37. The lowest BCUT2D eigenvalue weighted by Crippen LogP contribution is -2.47. The minimum Gasteiger partial charge on any atom is -0.503 e. The second-order valence-corrected chi connectivity index (χ2v) is 8.61. The maximum atomic E-state index is 11.5. The van der Waals surface area contributed by atoms with Crippen molar-refractivity contribution in [2.75, 3.05) is 6.66 Å². The van der Waals surface area contributed by atoms with E-state index >= 15 is 0 Å². The lowest BCUT2D eigenvalue weighted by Gasteiger charge is -2.27. The summed E-state index contributed by atoms with van der Waals surface area (Å²) < 4.78 is 23.8. The molecule has 0 bridgehead atoms. The number of aromatic hydroxyl groups is 1. The number of hydrogen-bond donors (Lipinski definition) is 5. The standard InChI is InChI=1S/C8H13NO7P2/c1-17(12,13)8(11,18(14,15)16)6-9-4-2-3-7(10)5-9/h2-5,11H,6H2,1H3,(H3-,10,12,13,14,15,16)/p+1. The minimum atomic E-state index is -5.25. The Hall–Kier alpha value is -0.750. The van der Waals surface area contributed by atoms with Crippen LogP contribution in [0.3, 0.4) is 0 Å². The summed E-state index contributed by atoms with van der Waals surface area (Å²) in [6.45, 7) is -0.161. The SMILES string of the molecule is CP(=O)(O)C(O)(C[n+]1cccc(O)c1)P(=O)(O)O. The third kappa shape index (κ3) is 2.98. The van der Waals surface area contributed by atoms with E-state index in [4.69, 9.17) is 9.79 Å². The highest BCUT2D eigenvalue weighted by Crippen LogP contribution is 2.67. The molecule has 0 radical (unpaired) electrons. The van der Waals surface area contributed by atoms with Gasteiger partial charge in [-0.05, 0) is 6.07 Å². The van der Waals surface area contributed by atoms with Gasteiger partial charge in [0.1, 0.15) is 0 Å². The quantitative estimate of drug-likeness (QED) is 0.369. The predicted octanol–water partition coefficient (Wildman–Crippen LogP) is -0.596. The Morgan fingerprint density at radius 2 is 1.89 bits per heavy atom. The van der Waals surface area contributed by atoms with Crippen LogP contribution in [0.2, 0.25) is 0 Å². The molecular formula is C8H14NO7P2+. The third-order valence-corrected chi connectivity index (χ3v) is 6.81. The van der Waals surface area contributed by atoms with Crippen molar-refractivity contribution in [2.24, 2.45) is 0 Å². The summed E-state index contributed by atoms with van der Waals surface area (Å²) in [5.74, 6) is -0.213. The molecule has 1 aromatic rings. The maximum Gasteiger partial charge on any atom is 0.373 e. The average molecular weight is 298 g/mol. The first-order valence-corrected chi connectivity index (χ1v) is 8.46. The molecule has 5 N–H and O–H groups in total. The van der Waals surface area contributed by atoms with Crippen LogP contribution in [0.1, 0.15) is 0 Å². The fraction of sp³-hybridized carbons (Fsp3) is 0.375. The summed E-state index contributed by atoms with van der Waals surface area (Å²) in [6, 6.07) is 2.66. The number of aromatic nitrogens is 1. The van der Waals surface area contributed by atoms with E-state index in [-0.39, 0.29) is 5.75 Å². The van der Waals surface area contributed by atoms with Gasteiger partial charge in [-0.25, -0.2) is 0 Å². The van der Waals surface area contributed by atoms with Crippen molar-refractivity contribution in [1.82, 2.24) is 0 Å². The van der Waals surface area contributed by atoms with Crippen LogP contribution in [0, 0.1) is 0 Å². The molecule has 0 spiro atoms. The van der Waals surface area contributed by atoms with Crippen molar-refractivity contribution in [3.05, 3.63) is 24.5 Å². The van der Waals surface area contributed by atoms with Gasteiger partial charge in [0.25, 0.3) is 0 Å². The summed E-state index contributed by atoms with van der Waals surface area (Å²) >= 11 is 0. The fourth-order valence-corrected chi connectivity index (χ4v) is 4.02. The van der Waals surface area contributed by atoms with E-state index in [1.165, 1.54) is 18.3 Å². The van der Waals surface area contributed by atoms with Crippen LogP contribution in [0.15, 0.2) is 24.5 Å². The molecule has 10 heteroatoms. The van der Waals surface area contributed by atoms with Gasteiger partial charge in [0.15, 0.2) is 18.5 Å². The van der Waals surface area contributed by atoms with Crippen LogP contribution < -0.4 is 4.57 Å². The molecule has 0 saturated carbocycles. The second kappa shape index (κ2) is 4.74. The van der Waals surface area contributed by atoms with Gasteiger partial charge in [0.05, 0.1) is 0 Å². The van der Waals surface area contributed by atoms with Crippen molar-refractivity contribution < 1.29 is 38.6 Å². The molecule has 0 fully saturated rings. The number of pyridine rings is 1. The van der Waals surface area contributed by atoms with Gasteiger partial charge in [-0.15, -0.1) is 0 Å². The van der Waals surface area contributed by atoms with Crippen LogP contribution in [-0.4, -0.2) is 36.6 Å². The Labute approximate surface area is 103 Å². The Morgan fingerprint density at radius 1 is 1.33 bits per heavy atom. The van der Waals surface area contributed by atoms with Crippen LogP contribution >= 0.6 is 15.0 Å². The van der Waals surface area contributed by atoms with Crippen molar-refractivity contribution >= 4 is 15.0 Å². The Balaban J connectivity index is 3.25. The lowest BCUT2D eigenvalue weighted by molar-refractivity contribution is -0.703. The first kappa shape index (κ1) is 15.3. The molecule has 0 amide bonds. The van der Waals surface area contributed by atoms with Crippen LogP contribution in [-0.2, 0) is 15.7 Å². The molecular weight excluding hydrogens is 284 g/mol. The summed E-state index contributed by atoms with van der Waals surface area (Å²) in [5.41, 5.74) is 0. The van der Waals surface area contributed by atoms with E-state index in [0.717, 1.165) is 10.8 Å². The Kier molecular flexibility index (Phi) is 4.03. The molecule has 18 heavy (non-hydrogen) atoms. The molecule has 1 heterocycles. The minimum absolute atomic E-state index is 0.213. The molecule has 2 unspecified atom stereocenters. The maximum absolute atomic E-state index is 11.5. The number of aliphatic hydroxyl groups is 1. The topological polar surface area (TPSA) is 139 Å². The summed E-state index contributed by atoms with van der Waals surface area (Å²) in [5, 5.41) is 15.9. The number of hydrogen-bond acceptors (Lipinski definition) is 4. The van der Waals surface area contributed by atoms with Gasteiger partial charge >= 0.3 is 12.7 Å². The van der Waals surface area contributed by atoms with E-state index in [2.05, 4.69) is 0 Å². The zero-order valence-corrected chi connectivity index (χ0v) is 11.2. The molecule has 102 valence electrons. The van der Waals surface area contributed by atoms with Gasteiger partial charge in [-0.2, -0.15) is 4.57 Å². The lowest BCUT2D eigenvalue weighted by atomic mass is 10.4. The van der Waals surface area contributed by atoms with Crippen LogP contribution in [0.25, 0.3) is 0 Å². The Bertz CT molecular complexity index is 512. The molecule has 1 aromatic heterocycles. The predicted molar refractivity (Wildman–Crippen MR) is 61.0 cm³/mol. The molecule has 2 atom stereocenters. The van der Waals surface area contributed by atoms with E-state index in [1.54, 1.807) is 0 Å². The van der Waals surface area contributed by atoms with Gasteiger partial charge in [0.2, 0.25) is 13.6 Å². The molecule has 1 rings (SSSR count). The smallest absolute Gasteiger partial charge is 0.373 e. The van der Waals surface area contributed by atoms with Gasteiger partial charge in [-0.1, -0.05) is 0 Å². The molecule has 0 aliphatic carbocycles. The summed E-state index contributed by atoms with van der Waals surface area (Å²) in [4.78, 5) is 27.5. The summed E-state index contributed by atoms with van der Waals surface area (Å²) in [6.07, 6.45) is 2.35. The zero-order chi connectivity index (χ0) is 14.2. The van der Waals surface area contributed by atoms with E-state index in [0.29, 0.717) is 6.66 Å². The molecule has 0 aliphatic rings. The monoisotopic (exact) mass is 298 g/mol. The number of nitrogens with zero attached hydrogens (tertiary/aromatic N) is 1. The van der Waals surface area contributed by atoms with Gasteiger partial charge < -0.3 is 24.9 Å². The fourth-order valence-electron chi connectivity index (χ4n) is 1.32. The Morgan fingerprint density at radius 3 is 2.28 bits per heavy atom.